The number of aromatic nitrogens is 3. The van der Waals surface area contributed by atoms with Crippen molar-refractivity contribution in [2.45, 2.75) is 25.9 Å². The highest BCUT2D eigenvalue weighted by molar-refractivity contribution is 5.33. The number of rotatable bonds is 5. The lowest BCUT2D eigenvalue weighted by molar-refractivity contribution is 0.199. The lowest BCUT2D eigenvalue weighted by Crippen LogP contribution is -2.35. The first-order valence-electron chi connectivity index (χ1n) is 8.84. The van der Waals surface area contributed by atoms with Gasteiger partial charge in [0.2, 0.25) is 5.88 Å². The van der Waals surface area contributed by atoms with Crippen molar-refractivity contribution in [3.63, 3.8) is 0 Å². The summed E-state index contributed by atoms with van der Waals surface area (Å²) < 4.78 is 19.2. The Labute approximate surface area is 151 Å². The molecule has 3 heterocycles. The lowest BCUT2D eigenvalue weighted by atomic mass is 9.95. The largest absolute Gasteiger partial charge is 0.478 e. The van der Waals surface area contributed by atoms with E-state index in [2.05, 4.69) is 19.9 Å². The van der Waals surface area contributed by atoms with Gasteiger partial charge in [0.05, 0.1) is 24.7 Å². The van der Waals surface area contributed by atoms with Crippen LogP contribution in [0.4, 0.5) is 4.39 Å². The maximum absolute atomic E-state index is 13.8. The van der Waals surface area contributed by atoms with Gasteiger partial charge in [-0.2, -0.15) is 0 Å². The Morgan fingerprint density at radius 1 is 1.27 bits per heavy atom. The monoisotopic (exact) mass is 352 g/mol. The number of imidazole rings is 1. The molecule has 0 fully saturated rings. The van der Waals surface area contributed by atoms with E-state index in [-0.39, 0.29) is 11.9 Å². The first-order chi connectivity index (χ1) is 12.7. The van der Waals surface area contributed by atoms with Gasteiger partial charge >= 0.3 is 0 Å². The predicted octanol–water partition coefficient (Wildman–Crippen LogP) is 3.49. The van der Waals surface area contributed by atoms with E-state index in [1.54, 1.807) is 18.5 Å². The first kappa shape index (κ1) is 16.7. The van der Waals surface area contributed by atoms with Crippen LogP contribution in [-0.4, -0.2) is 33.0 Å². The van der Waals surface area contributed by atoms with Crippen molar-refractivity contribution < 1.29 is 9.13 Å². The fraction of sp³-hybridized carbons (Fsp3) is 0.300. The number of nitrogens with zero attached hydrogens (tertiary/aromatic N) is 3. The highest BCUT2D eigenvalue weighted by Gasteiger charge is 2.31. The zero-order chi connectivity index (χ0) is 17.9. The SMILES string of the molecule is CCOc1ccc(CN2CCc3[nH]cnc3[C@@H]2c2cccc(F)c2)cn1. The van der Waals surface area contributed by atoms with Crippen LogP contribution in [-0.2, 0) is 13.0 Å². The van der Waals surface area contributed by atoms with Crippen LogP contribution in [0.5, 0.6) is 5.88 Å². The van der Waals surface area contributed by atoms with Crippen LogP contribution in [0.1, 0.15) is 35.5 Å². The normalized spacial score (nSPS) is 17.1. The molecule has 2 aromatic heterocycles. The summed E-state index contributed by atoms with van der Waals surface area (Å²) in [7, 11) is 0. The summed E-state index contributed by atoms with van der Waals surface area (Å²) in [5.74, 6) is 0.402. The maximum Gasteiger partial charge on any atom is 0.213 e. The van der Waals surface area contributed by atoms with Crippen molar-refractivity contribution in [2.24, 2.45) is 0 Å². The molecule has 0 spiro atoms. The number of halogens is 1. The summed E-state index contributed by atoms with van der Waals surface area (Å²) in [6, 6.07) is 10.6. The van der Waals surface area contributed by atoms with Gasteiger partial charge in [0.1, 0.15) is 5.82 Å². The molecule has 0 amide bonds. The molecular weight excluding hydrogens is 331 g/mol. The van der Waals surface area contributed by atoms with Crippen molar-refractivity contribution >= 4 is 0 Å². The van der Waals surface area contributed by atoms with Gasteiger partial charge in [-0.25, -0.2) is 14.4 Å². The summed E-state index contributed by atoms with van der Waals surface area (Å²) >= 11 is 0. The molecule has 0 aliphatic carbocycles. The third-order valence-corrected chi connectivity index (χ3v) is 4.66. The summed E-state index contributed by atoms with van der Waals surface area (Å²) in [6.07, 6.45) is 4.46. The molecule has 134 valence electrons. The van der Waals surface area contributed by atoms with Gasteiger partial charge in [0, 0.05) is 37.5 Å². The number of nitrogens with one attached hydrogen (secondary N) is 1. The third-order valence-electron chi connectivity index (χ3n) is 4.66. The molecule has 26 heavy (non-hydrogen) atoms. The van der Waals surface area contributed by atoms with Gasteiger partial charge in [-0.05, 0) is 30.2 Å². The van der Waals surface area contributed by atoms with Crippen LogP contribution in [0.2, 0.25) is 0 Å². The Balaban J connectivity index is 1.63. The average Bonchev–Trinajstić information content (AvgIpc) is 3.12. The summed E-state index contributed by atoms with van der Waals surface area (Å²) in [5, 5.41) is 0. The van der Waals surface area contributed by atoms with Crippen molar-refractivity contribution in [1.29, 1.82) is 0 Å². The second-order valence-electron chi connectivity index (χ2n) is 6.38. The van der Waals surface area contributed by atoms with Gasteiger partial charge in [-0.3, -0.25) is 4.90 Å². The van der Waals surface area contributed by atoms with Gasteiger partial charge < -0.3 is 9.72 Å². The maximum atomic E-state index is 13.8. The number of hydrogen-bond acceptors (Lipinski definition) is 4. The van der Waals surface area contributed by atoms with Crippen LogP contribution < -0.4 is 4.74 Å². The molecule has 0 bridgehead atoms. The Bertz CT molecular complexity index is 878. The fourth-order valence-electron chi connectivity index (χ4n) is 3.51. The molecule has 3 aromatic rings. The third kappa shape index (κ3) is 3.32. The Hall–Kier alpha value is -2.73. The van der Waals surface area contributed by atoms with Crippen LogP contribution in [0.25, 0.3) is 0 Å². The molecule has 1 aliphatic heterocycles. The number of benzene rings is 1. The highest BCUT2D eigenvalue weighted by Crippen LogP contribution is 2.34. The second kappa shape index (κ2) is 7.25. The Kier molecular flexibility index (Phi) is 4.67. The number of ether oxygens (including phenoxy) is 1. The minimum Gasteiger partial charge on any atom is -0.478 e. The minimum atomic E-state index is -0.229. The number of H-pyrrole nitrogens is 1. The molecule has 1 aromatic carbocycles. The molecule has 5 nitrogen and oxygen atoms in total. The van der Waals surface area contributed by atoms with Crippen molar-refractivity contribution in [1.82, 2.24) is 19.9 Å². The summed E-state index contributed by atoms with van der Waals surface area (Å²) in [6.45, 7) is 4.12. The fourth-order valence-corrected chi connectivity index (χ4v) is 3.51. The second-order valence-corrected chi connectivity index (χ2v) is 6.38. The number of pyridine rings is 1. The molecule has 1 atom stereocenters. The van der Waals surface area contributed by atoms with Crippen LogP contribution in [0.15, 0.2) is 48.9 Å². The van der Waals surface area contributed by atoms with Crippen LogP contribution in [0.3, 0.4) is 0 Å². The molecule has 0 saturated heterocycles. The minimum absolute atomic E-state index is 0.0766. The quantitative estimate of drug-likeness (QED) is 0.764. The van der Waals surface area contributed by atoms with E-state index in [9.17, 15) is 4.39 Å². The lowest BCUT2D eigenvalue weighted by Gasteiger charge is -2.35. The molecule has 4 rings (SSSR count). The Morgan fingerprint density at radius 2 is 2.19 bits per heavy atom. The molecule has 0 saturated carbocycles. The molecule has 1 N–H and O–H groups in total. The average molecular weight is 352 g/mol. The van der Waals surface area contributed by atoms with Crippen molar-refractivity contribution in [3.05, 3.63) is 77.3 Å². The van der Waals surface area contributed by atoms with E-state index in [1.807, 2.05) is 31.3 Å². The molecule has 0 unspecified atom stereocenters. The van der Waals surface area contributed by atoms with E-state index in [0.717, 1.165) is 35.5 Å². The smallest absolute Gasteiger partial charge is 0.213 e. The zero-order valence-corrected chi connectivity index (χ0v) is 14.7. The van der Waals surface area contributed by atoms with Gasteiger partial charge in [-0.15, -0.1) is 0 Å². The molecule has 6 heteroatoms. The van der Waals surface area contributed by atoms with E-state index in [1.165, 1.54) is 6.07 Å². The van der Waals surface area contributed by atoms with E-state index in [0.29, 0.717) is 19.0 Å². The van der Waals surface area contributed by atoms with Gasteiger partial charge in [0.25, 0.3) is 0 Å². The summed E-state index contributed by atoms with van der Waals surface area (Å²) in [4.78, 5) is 14.4. The number of hydrogen-bond donors (Lipinski definition) is 1. The Morgan fingerprint density at radius 3 is 2.96 bits per heavy atom. The topological polar surface area (TPSA) is 54.0 Å². The van der Waals surface area contributed by atoms with E-state index >= 15 is 0 Å². The first-order valence-corrected chi connectivity index (χ1v) is 8.84. The van der Waals surface area contributed by atoms with E-state index < -0.39 is 0 Å². The number of aromatic amines is 1. The highest BCUT2D eigenvalue weighted by atomic mass is 19.1. The predicted molar refractivity (Wildman–Crippen MR) is 96.4 cm³/mol. The van der Waals surface area contributed by atoms with Crippen LogP contribution in [0, 0.1) is 5.82 Å². The van der Waals surface area contributed by atoms with E-state index in [4.69, 9.17) is 4.74 Å². The van der Waals surface area contributed by atoms with Gasteiger partial charge in [0.15, 0.2) is 0 Å². The van der Waals surface area contributed by atoms with Crippen molar-refractivity contribution in [3.8, 4) is 5.88 Å². The molecule has 1 aliphatic rings. The van der Waals surface area contributed by atoms with Crippen molar-refractivity contribution in [2.75, 3.05) is 13.2 Å². The van der Waals surface area contributed by atoms with Crippen LogP contribution >= 0.6 is 0 Å². The standard InChI is InChI=1S/C20H21FN4O/c1-2-26-18-7-6-14(11-22-18)12-25-9-8-17-19(24-13-23-17)20(25)15-4-3-5-16(21)10-15/h3-7,10-11,13,20H,2,8-9,12H2,1H3,(H,23,24)/t20-/m0/s1. The number of fused-ring (bicyclic) bond motifs is 1. The summed E-state index contributed by atoms with van der Waals surface area (Å²) in [5.41, 5.74) is 4.10. The molecule has 0 radical (unpaired) electrons. The zero-order valence-electron chi connectivity index (χ0n) is 14.7. The van der Waals surface area contributed by atoms with Gasteiger partial charge in [-0.1, -0.05) is 18.2 Å². The molecular formula is C20H21FN4O.